The molecule has 0 spiro atoms. The van der Waals surface area contributed by atoms with E-state index in [1.54, 1.807) is 31.4 Å². The lowest BCUT2D eigenvalue weighted by Gasteiger charge is -2.16. The van der Waals surface area contributed by atoms with Crippen LogP contribution in [0, 0.1) is 13.8 Å². The van der Waals surface area contributed by atoms with Crippen LogP contribution < -0.4 is 10.1 Å². The molecule has 0 aliphatic heterocycles. The lowest BCUT2D eigenvalue weighted by molar-refractivity contribution is 0.102. The van der Waals surface area contributed by atoms with Crippen molar-refractivity contribution in [2.75, 3.05) is 12.4 Å². The molecular weight excluding hydrogens is 336 g/mol. The molecule has 3 aromatic rings. The second-order valence-corrected chi connectivity index (χ2v) is 6.20. The van der Waals surface area contributed by atoms with Crippen molar-refractivity contribution in [2.24, 2.45) is 0 Å². The van der Waals surface area contributed by atoms with E-state index in [1.807, 2.05) is 44.2 Å². The Balaban J connectivity index is 2.01. The molecular formula is C20H19ClN2O2. The molecule has 0 radical (unpaired) electrons. The van der Waals surface area contributed by atoms with Crippen LogP contribution in [0.1, 0.15) is 21.7 Å². The molecule has 1 aromatic heterocycles. The van der Waals surface area contributed by atoms with Crippen molar-refractivity contribution in [2.45, 2.75) is 13.8 Å². The van der Waals surface area contributed by atoms with E-state index in [0.717, 1.165) is 17.1 Å². The molecule has 128 valence electrons. The molecule has 25 heavy (non-hydrogen) atoms. The molecule has 0 atom stereocenters. The van der Waals surface area contributed by atoms with Gasteiger partial charge in [0.25, 0.3) is 5.91 Å². The van der Waals surface area contributed by atoms with Crippen LogP contribution in [-0.4, -0.2) is 17.6 Å². The van der Waals surface area contributed by atoms with E-state index in [0.29, 0.717) is 22.0 Å². The van der Waals surface area contributed by atoms with Crippen LogP contribution in [0.15, 0.2) is 54.6 Å². The lowest BCUT2D eigenvalue weighted by atomic mass is 10.1. The maximum Gasteiger partial charge on any atom is 0.257 e. The van der Waals surface area contributed by atoms with E-state index in [-0.39, 0.29) is 5.91 Å². The van der Waals surface area contributed by atoms with Gasteiger partial charge in [0, 0.05) is 16.4 Å². The van der Waals surface area contributed by atoms with Crippen molar-refractivity contribution >= 4 is 23.2 Å². The molecule has 1 heterocycles. The zero-order chi connectivity index (χ0) is 18.0. The van der Waals surface area contributed by atoms with Crippen LogP contribution >= 0.6 is 11.6 Å². The van der Waals surface area contributed by atoms with Crippen LogP contribution in [-0.2, 0) is 0 Å². The molecule has 1 N–H and O–H groups in total. The van der Waals surface area contributed by atoms with Gasteiger partial charge in [0.2, 0.25) is 0 Å². The number of nitrogens with zero attached hydrogens (tertiary/aromatic N) is 1. The minimum absolute atomic E-state index is 0.219. The zero-order valence-corrected chi connectivity index (χ0v) is 15.1. The summed E-state index contributed by atoms with van der Waals surface area (Å²) in [7, 11) is 1.55. The van der Waals surface area contributed by atoms with Crippen molar-refractivity contribution in [1.82, 2.24) is 4.57 Å². The molecule has 0 bridgehead atoms. The first kappa shape index (κ1) is 17.1. The van der Waals surface area contributed by atoms with Crippen LogP contribution in [0.5, 0.6) is 5.75 Å². The molecule has 3 rings (SSSR count). The maximum absolute atomic E-state index is 12.9. The number of amides is 1. The monoisotopic (exact) mass is 354 g/mol. The average molecular weight is 355 g/mol. The number of nitrogens with one attached hydrogen (secondary N) is 1. The first-order valence-electron chi connectivity index (χ1n) is 7.90. The molecule has 0 saturated heterocycles. The highest BCUT2D eigenvalue weighted by atomic mass is 35.5. The Hall–Kier alpha value is -2.72. The predicted molar refractivity (Wildman–Crippen MR) is 101 cm³/mol. The fraction of sp³-hybridized carbons (Fsp3) is 0.150. The number of hydrogen-bond donors (Lipinski definition) is 1. The molecule has 0 fully saturated rings. The molecule has 0 aliphatic carbocycles. The van der Waals surface area contributed by atoms with Gasteiger partial charge in [0.05, 0.1) is 24.0 Å². The Morgan fingerprint density at radius 2 is 1.72 bits per heavy atom. The van der Waals surface area contributed by atoms with Crippen molar-refractivity contribution in [1.29, 1.82) is 0 Å². The van der Waals surface area contributed by atoms with Crippen LogP contribution in [0.4, 0.5) is 5.69 Å². The quantitative estimate of drug-likeness (QED) is 0.715. The van der Waals surface area contributed by atoms with Gasteiger partial charge in [-0.25, -0.2) is 0 Å². The molecule has 1 amide bonds. The first-order valence-corrected chi connectivity index (χ1v) is 8.28. The number of rotatable bonds is 4. The average Bonchev–Trinajstić information content (AvgIpc) is 2.93. The van der Waals surface area contributed by atoms with Crippen molar-refractivity contribution in [3.63, 3.8) is 0 Å². The fourth-order valence-corrected chi connectivity index (χ4v) is 3.05. The number of carbonyl (C=O) groups is 1. The highest BCUT2D eigenvalue weighted by molar-refractivity contribution is 6.31. The van der Waals surface area contributed by atoms with Gasteiger partial charge in [-0.2, -0.15) is 0 Å². The predicted octanol–water partition coefficient (Wildman–Crippen LogP) is 5.01. The molecule has 2 aromatic carbocycles. The van der Waals surface area contributed by atoms with Crippen LogP contribution in [0.25, 0.3) is 5.69 Å². The highest BCUT2D eigenvalue weighted by Gasteiger charge is 2.16. The molecule has 4 nitrogen and oxygen atoms in total. The van der Waals surface area contributed by atoms with E-state index in [9.17, 15) is 4.79 Å². The number of aryl methyl sites for hydroxylation is 2. The third-order valence-electron chi connectivity index (χ3n) is 4.07. The first-order chi connectivity index (χ1) is 12.0. The highest BCUT2D eigenvalue weighted by Crippen LogP contribution is 2.29. The third kappa shape index (κ3) is 3.39. The maximum atomic E-state index is 12.9. The van der Waals surface area contributed by atoms with Crippen molar-refractivity contribution in [3.8, 4) is 11.4 Å². The number of hydrogen-bond acceptors (Lipinski definition) is 2. The summed E-state index contributed by atoms with van der Waals surface area (Å²) in [6.45, 7) is 4.03. The Morgan fingerprint density at radius 1 is 1.04 bits per heavy atom. The topological polar surface area (TPSA) is 43.3 Å². The van der Waals surface area contributed by atoms with Gasteiger partial charge in [-0.3, -0.25) is 4.79 Å². The van der Waals surface area contributed by atoms with Gasteiger partial charge in [-0.1, -0.05) is 23.7 Å². The third-order valence-corrected chi connectivity index (χ3v) is 4.31. The van der Waals surface area contributed by atoms with E-state index < -0.39 is 0 Å². The van der Waals surface area contributed by atoms with Gasteiger partial charge in [0.15, 0.2) is 0 Å². The number of anilines is 1. The molecule has 0 aliphatic rings. The number of ether oxygens (including phenoxy) is 1. The van der Waals surface area contributed by atoms with Crippen molar-refractivity contribution < 1.29 is 9.53 Å². The van der Waals surface area contributed by atoms with Gasteiger partial charge in [-0.15, -0.1) is 0 Å². The summed E-state index contributed by atoms with van der Waals surface area (Å²) in [4.78, 5) is 12.9. The Labute approximate surface area is 152 Å². The summed E-state index contributed by atoms with van der Waals surface area (Å²) in [5, 5.41) is 3.43. The van der Waals surface area contributed by atoms with E-state index >= 15 is 0 Å². The summed E-state index contributed by atoms with van der Waals surface area (Å²) < 4.78 is 7.36. The van der Waals surface area contributed by atoms with E-state index in [2.05, 4.69) is 9.88 Å². The summed E-state index contributed by atoms with van der Waals surface area (Å²) in [6.07, 6.45) is 0. The summed E-state index contributed by atoms with van der Waals surface area (Å²) in [5.74, 6) is 0.340. The van der Waals surface area contributed by atoms with Crippen molar-refractivity contribution in [3.05, 3.63) is 76.6 Å². The van der Waals surface area contributed by atoms with Gasteiger partial charge >= 0.3 is 0 Å². The van der Waals surface area contributed by atoms with Crippen LogP contribution in [0.2, 0.25) is 5.02 Å². The molecule has 0 saturated carbocycles. The van der Waals surface area contributed by atoms with E-state index in [1.165, 1.54) is 0 Å². The SMILES string of the molecule is COc1ccc(Cl)cc1NC(=O)c1ccccc1-n1c(C)ccc1C. The smallest absolute Gasteiger partial charge is 0.257 e. The number of benzene rings is 2. The van der Waals surface area contributed by atoms with Gasteiger partial charge in [-0.05, 0) is 56.3 Å². The zero-order valence-electron chi connectivity index (χ0n) is 14.3. The van der Waals surface area contributed by atoms with Crippen LogP contribution in [0.3, 0.4) is 0 Å². The summed E-state index contributed by atoms with van der Waals surface area (Å²) in [5.41, 5.74) is 4.08. The number of methoxy groups -OCH3 is 1. The minimum atomic E-state index is -0.219. The molecule has 5 heteroatoms. The second-order valence-electron chi connectivity index (χ2n) is 5.77. The Bertz CT molecular complexity index is 912. The largest absolute Gasteiger partial charge is 0.495 e. The standard InChI is InChI=1S/C20H19ClN2O2/c1-13-8-9-14(2)23(13)18-7-5-4-6-16(18)20(24)22-17-12-15(21)10-11-19(17)25-3/h4-12H,1-3H3,(H,22,24). The second kappa shape index (κ2) is 7.03. The minimum Gasteiger partial charge on any atom is -0.495 e. The van der Waals surface area contributed by atoms with Gasteiger partial charge in [0.1, 0.15) is 5.75 Å². The number of halogens is 1. The lowest BCUT2D eigenvalue weighted by Crippen LogP contribution is -2.16. The Kier molecular flexibility index (Phi) is 4.81. The summed E-state index contributed by atoms with van der Waals surface area (Å²) in [6, 6.07) is 16.7. The van der Waals surface area contributed by atoms with Gasteiger partial charge < -0.3 is 14.6 Å². The number of para-hydroxylation sites is 1. The summed E-state index contributed by atoms with van der Waals surface area (Å²) >= 11 is 6.05. The normalized spacial score (nSPS) is 10.6. The number of aromatic nitrogens is 1. The van der Waals surface area contributed by atoms with E-state index in [4.69, 9.17) is 16.3 Å². The number of carbonyl (C=O) groups excluding carboxylic acids is 1. The molecule has 0 unspecified atom stereocenters. The fourth-order valence-electron chi connectivity index (χ4n) is 2.88. The Morgan fingerprint density at radius 3 is 2.40 bits per heavy atom.